The van der Waals surface area contributed by atoms with Crippen molar-refractivity contribution in [2.75, 3.05) is 19.6 Å². The van der Waals surface area contributed by atoms with Gasteiger partial charge in [0.1, 0.15) is 0 Å². The second-order valence-electron chi connectivity index (χ2n) is 5.19. The van der Waals surface area contributed by atoms with Gasteiger partial charge in [-0.25, -0.2) is 0 Å². The highest BCUT2D eigenvalue weighted by molar-refractivity contribution is 6.31. The van der Waals surface area contributed by atoms with Crippen LogP contribution < -0.4 is 5.32 Å². The van der Waals surface area contributed by atoms with Gasteiger partial charge in [0, 0.05) is 24.7 Å². The molecule has 0 aromatic heterocycles. The van der Waals surface area contributed by atoms with E-state index in [9.17, 15) is 4.79 Å². The van der Waals surface area contributed by atoms with E-state index in [4.69, 9.17) is 11.6 Å². The summed E-state index contributed by atoms with van der Waals surface area (Å²) in [4.78, 5) is 14.4. The third-order valence-corrected chi connectivity index (χ3v) is 4.22. The van der Waals surface area contributed by atoms with Crippen molar-refractivity contribution in [3.63, 3.8) is 0 Å². The van der Waals surface area contributed by atoms with E-state index in [0.717, 1.165) is 23.7 Å². The molecule has 2 rings (SSSR count). The molecule has 1 saturated heterocycles. The Kier molecular flexibility index (Phi) is 4.83. The van der Waals surface area contributed by atoms with Crippen LogP contribution in [0.1, 0.15) is 19.4 Å². The Hall–Kier alpha value is -1.06. The van der Waals surface area contributed by atoms with Crippen molar-refractivity contribution in [2.45, 2.75) is 20.4 Å². The van der Waals surface area contributed by atoms with Crippen molar-refractivity contribution in [3.8, 4) is 0 Å². The molecule has 1 aliphatic rings. The molecule has 19 heavy (non-hydrogen) atoms. The summed E-state index contributed by atoms with van der Waals surface area (Å²) in [6.45, 7) is 7.18. The van der Waals surface area contributed by atoms with E-state index in [0.29, 0.717) is 19.0 Å². The summed E-state index contributed by atoms with van der Waals surface area (Å²) >= 11 is 6.17. The van der Waals surface area contributed by atoms with Crippen LogP contribution in [-0.4, -0.2) is 30.4 Å². The number of nitrogens with zero attached hydrogens (tertiary/aromatic N) is 1. The molecule has 0 aliphatic carbocycles. The summed E-state index contributed by atoms with van der Waals surface area (Å²) in [7, 11) is 0. The summed E-state index contributed by atoms with van der Waals surface area (Å²) in [5.41, 5.74) is 1.01. The van der Waals surface area contributed by atoms with Gasteiger partial charge >= 0.3 is 0 Å². The number of nitrogens with one attached hydrogen (secondary N) is 1. The van der Waals surface area contributed by atoms with Gasteiger partial charge in [0.2, 0.25) is 5.91 Å². The molecule has 0 radical (unpaired) electrons. The Morgan fingerprint density at radius 2 is 2.16 bits per heavy atom. The van der Waals surface area contributed by atoms with Crippen LogP contribution >= 0.6 is 11.6 Å². The molecule has 1 heterocycles. The van der Waals surface area contributed by atoms with Crippen molar-refractivity contribution in [1.82, 2.24) is 10.2 Å². The summed E-state index contributed by atoms with van der Waals surface area (Å²) in [5.74, 6) is 0.746. The fourth-order valence-corrected chi connectivity index (χ4v) is 2.75. The van der Waals surface area contributed by atoms with Crippen LogP contribution in [0, 0.1) is 11.8 Å². The van der Waals surface area contributed by atoms with Crippen LogP contribution in [0.3, 0.4) is 0 Å². The Morgan fingerprint density at radius 1 is 1.42 bits per heavy atom. The molecule has 1 fully saturated rings. The minimum Gasteiger partial charge on any atom is -0.338 e. The molecular formula is C15H21ClN2O. The lowest BCUT2D eigenvalue weighted by Crippen LogP contribution is -2.38. The van der Waals surface area contributed by atoms with E-state index in [1.165, 1.54) is 0 Å². The van der Waals surface area contributed by atoms with E-state index in [-0.39, 0.29) is 11.8 Å². The fraction of sp³-hybridized carbons (Fsp3) is 0.533. The van der Waals surface area contributed by atoms with Crippen LogP contribution in [0.5, 0.6) is 0 Å². The molecule has 0 saturated carbocycles. The Bertz CT molecular complexity index is 450. The van der Waals surface area contributed by atoms with Crippen LogP contribution in [0.25, 0.3) is 0 Å². The minimum atomic E-state index is 0.0995. The summed E-state index contributed by atoms with van der Waals surface area (Å²) in [6.07, 6.45) is 0. The number of benzene rings is 1. The summed E-state index contributed by atoms with van der Waals surface area (Å²) in [5, 5.41) is 4.01. The maximum Gasteiger partial charge on any atom is 0.227 e. The number of rotatable bonds is 4. The number of carbonyl (C=O) groups is 1. The van der Waals surface area contributed by atoms with Gasteiger partial charge in [0.15, 0.2) is 0 Å². The van der Waals surface area contributed by atoms with E-state index in [1.54, 1.807) is 0 Å². The van der Waals surface area contributed by atoms with E-state index >= 15 is 0 Å². The molecule has 2 atom stereocenters. The highest BCUT2D eigenvalue weighted by Gasteiger charge is 2.32. The summed E-state index contributed by atoms with van der Waals surface area (Å²) in [6, 6.07) is 7.72. The first kappa shape index (κ1) is 14.4. The van der Waals surface area contributed by atoms with Gasteiger partial charge in [-0.2, -0.15) is 0 Å². The van der Waals surface area contributed by atoms with E-state index in [1.807, 2.05) is 36.1 Å². The maximum absolute atomic E-state index is 12.5. The predicted molar refractivity (Wildman–Crippen MR) is 78.1 cm³/mol. The first-order valence-corrected chi connectivity index (χ1v) is 7.24. The monoisotopic (exact) mass is 280 g/mol. The Morgan fingerprint density at radius 3 is 2.74 bits per heavy atom. The van der Waals surface area contributed by atoms with Crippen molar-refractivity contribution in [2.24, 2.45) is 11.8 Å². The third-order valence-electron chi connectivity index (χ3n) is 3.85. The van der Waals surface area contributed by atoms with Crippen molar-refractivity contribution >= 4 is 17.5 Å². The van der Waals surface area contributed by atoms with Crippen LogP contribution in [0.2, 0.25) is 5.02 Å². The zero-order valence-electron chi connectivity index (χ0n) is 11.5. The molecule has 1 aliphatic heterocycles. The van der Waals surface area contributed by atoms with Gasteiger partial charge < -0.3 is 10.2 Å². The molecule has 1 aromatic rings. The molecule has 1 aromatic carbocycles. The van der Waals surface area contributed by atoms with Crippen LogP contribution in [-0.2, 0) is 11.3 Å². The van der Waals surface area contributed by atoms with Gasteiger partial charge in [0.05, 0.1) is 5.92 Å². The zero-order chi connectivity index (χ0) is 13.8. The SMILES string of the molecule is CCN(Cc1ccccc1Cl)C(=O)[C@@H]1CNC[C@H]1C. The fourth-order valence-electron chi connectivity index (χ4n) is 2.55. The second kappa shape index (κ2) is 6.40. The number of amides is 1. The Labute approximate surface area is 119 Å². The van der Waals surface area contributed by atoms with E-state index < -0.39 is 0 Å². The van der Waals surface area contributed by atoms with Crippen LogP contribution in [0.4, 0.5) is 0 Å². The number of hydrogen-bond donors (Lipinski definition) is 1. The molecule has 3 nitrogen and oxygen atoms in total. The molecule has 104 valence electrons. The average Bonchev–Trinajstić information content (AvgIpc) is 2.83. The molecule has 0 bridgehead atoms. The van der Waals surface area contributed by atoms with Crippen molar-refractivity contribution < 1.29 is 4.79 Å². The normalized spacial score (nSPS) is 22.5. The Balaban J connectivity index is 2.08. The summed E-state index contributed by atoms with van der Waals surface area (Å²) < 4.78 is 0. The van der Waals surface area contributed by atoms with Gasteiger partial charge in [-0.1, -0.05) is 36.7 Å². The largest absolute Gasteiger partial charge is 0.338 e. The smallest absolute Gasteiger partial charge is 0.227 e. The van der Waals surface area contributed by atoms with Gasteiger partial charge in [-0.15, -0.1) is 0 Å². The molecule has 1 N–H and O–H groups in total. The average molecular weight is 281 g/mol. The van der Waals surface area contributed by atoms with Crippen molar-refractivity contribution in [1.29, 1.82) is 0 Å². The maximum atomic E-state index is 12.5. The predicted octanol–water partition coefficient (Wildman–Crippen LogP) is 2.54. The quantitative estimate of drug-likeness (QED) is 0.919. The van der Waals surface area contributed by atoms with E-state index in [2.05, 4.69) is 12.2 Å². The first-order valence-electron chi connectivity index (χ1n) is 6.86. The molecule has 0 spiro atoms. The second-order valence-corrected chi connectivity index (χ2v) is 5.59. The molecule has 4 heteroatoms. The van der Waals surface area contributed by atoms with Crippen LogP contribution in [0.15, 0.2) is 24.3 Å². The standard InChI is InChI=1S/C15H21ClN2O/c1-3-18(10-12-6-4-5-7-14(12)16)15(19)13-9-17-8-11(13)2/h4-7,11,13,17H,3,8-10H2,1-2H3/t11-,13-/m1/s1. The lowest BCUT2D eigenvalue weighted by atomic mass is 9.96. The van der Waals surface area contributed by atoms with Gasteiger partial charge in [-0.3, -0.25) is 4.79 Å². The highest BCUT2D eigenvalue weighted by atomic mass is 35.5. The number of hydrogen-bond acceptors (Lipinski definition) is 2. The topological polar surface area (TPSA) is 32.3 Å². The first-order chi connectivity index (χ1) is 9.13. The molecule has 1 amide bonds. The van der Waals surface area contributed by atoms with Gasteiger partial charge in [0.25, 0.3) is 0 Å². The lowest BCUT2D eigenvalue weighted by Gasteiger charge is -2.26. The number of halogens is 1. The minimum absolute atomic E-state index is 0.0995. The van der Waals surface area contributed by atoms with Gasteiger partial charge in [-0.05, 0) is 31.0 Å². The molecule has 0 unspecified atom stereocenters. The third kappa shape index (κ3) is 3.28. The zero-order valence-corrected chi connectivity index (χ0v) is 12.3. The number of carbonyl (C=O) groups excluding carboxylic acids is 1. The van der Waals surface area contributed by atoms with Crippen molar-refractivity contribution in [3.05, 3.63) is 34.9 Å². The lowest BCUT2D eigenvalue weighted by molar-refractivity contribution is -0.136. The molecular weight excluding hydrogens is 260 g/mol. The highest BCUT2D eigenvalue weighted by Crippen LogP contribution is 2.22.